The molecule has 108 valence electrons. The van der Waals surface area contributed by atoms with E-state index in [9.17, 15) is 4.79 Å². The molecule has 0 radical (unpaired) electrons. The number of aromatic nitrogens is 1. The Morgan fingerprint density at radius 2 is 1.95 bits per heavy atom. The minimum Gasteiger partial charge on any atom is -0.477 e. The van der Waals surface area contributed by atoms with Crippen molar-refractivity contribution in [1.29, 1.82) is 0 Å². The summed E-state index contributed by atoms with van der Waals surface area (Å²) in [6.45, 7) is 2.93. The Kier molecular flexibility index (Phi) is 3.66. The third-order valence-electron chi connectivity index (χ3n) is 3.73. The predicted octanol–water partition coefficient (Wildman–Crippen LogP) is 1.89. The highest BCUT2D eigenvalue weighted by Crippen LogP contribution is 2.35. The van der Waals surface area contributed by atoms with Crippen LogP contribution in [0.1, 0.15) is 23.3 Å². The quantitative estimate of drug-likeness (QED) is 0.827. The standard InChI is InChI=1S/C13H15BrN2O4/c14-11-10(2-1-9(15-11)12(17)18)16-5-3-13(4-6-16)19-7-8-20-13/h1-2H,3-8H2,(H,17,18). The van der Waals surface area contributed by atoms with Crippen molar-refractivity contribution in [2.75, 3.05) is 31.2 Å². The minimum absolute atomic E-state index is 0.0385. The molecule has 7 heteroatoms. The molecule has 2 fully saturated rings. The number of piperidine rings is 1. The van der Waals surface area contributed by atoms with Crippen molar-refractivity contribution in [3.63, 3.8) is 0 Å². The van der Waals surface area contributed by atoms with Gasteiger partial charge in [0.05, 0.1) is 18.9 Å². The van der Waals surface area contributed by atoms with Crippen LogP contribution in [0.5, 0.6) is 0 Å². The number of nitrogens with zero attached hydrogens (tertiary/aromatic N) is 2. The third kappa shape index (κ3) is 2.53. The molecular weight excluding hydrogens is 328 g/mol. The van der Waals surface area contributed by atoms with Gasteiger partial charge < -0.3 is 19.5 Å². The van der Waals surface area contributed by atoms with E-state index in [4.69, 9.17) is 14.6 Å². The number of aromatic carboxylic acids is 1. The van der Waals surface area contributed by atoms with Gasteiger partial charge in [-0.05, 0) is 28.1 Å². The largest absolute Gasteiger partial charge is 0.477 e. The highest BCUT2D eigenvalue weighted by molar-refractivity contribution is 9.10. The summed E-state index contributed by atoms with van der Waals surface area (Å²) in [6.07, 6.45) is 1.61. The van der Waals surface area contributed by atoms with Crippen molar-refractivity contribution in [2.24, 2.45) is 0 Å². The van der Waals surface area contributed by atoms with Crippen LogP contribution < -0.4 is 4.90 Å². The SMILES string of the molecule is O=C(O)c1ccc(N2CCC3(CC2)OCCO3)c(Br)n1. The number of carboxylic acids is 1. The lowest BCUT2D eigenvalue weighted by atomic mass is 10.0. The summed E-state index contributed by atoms with van der Waals surface area (Å²) in [5.41, 5.74) is 0.944. The first-order valence-electron chi connectivity index (χ1n) is 6.52. The number of rotatable bonds is 2. The summed E-state index contributed by atoms with van der Waals surface area (Å²) in [4.78, 5) is 17.1. The van der Waals surface area contributed by atoms with E-state index >= 15 is 0 Å². The summed E-state index contributed by atoms with van der Waals surface area (Å²) in [6, 6.07) is 3.31. The molecule has 1 aromatic heterocycles. The Bertz CT molecular complexity index is 521. The lowest BCUT2D eigenvalue weighted by molar-refractivity contribution is -0.169. The van der Waals surface area contributed by atoms with E-state index in [1.165, 1.54) is 6.07 Å². The summed E-state index contributed by atoms with van der Waals surface area (Å²) in [5, 5.41) is 8.92. The van der Waals surface area contributed by atoms with Crippen LogP contribution >= 0.6 is 15.9 Å². The van der Waals surface area contributed by atoms with E-state index in [2.05, 4.69) is 25.8 Å². The van der Waals surface area contributed by atoms with Crippen LogP contribution in [-0.2, 0) is 9.47 Å². The average molecular weight is 343 g/mol. The zero-order valence-corrected chi connectivity index (χ0v) is 12.4. The summed E-state index contributed by atoms with van der Waals surface area (Å²) in [7, 11) is 0. The van der Waals surface area contributed by atoms with Crippen molar-refractivity contribution in [1.82, 2.24) is 4.98 Å². The van der Waals surface area contributed by atoms with Gasteiger partial charge in [-0.2, -0.15) is 0 Å². The predicted molar refractivity (Wildman–Crippen MR) is 75.0 cm³/mol. The molecule has 0 unspecified atom stereocenters. The van der Waals surface area contributed by atoms with E-state index in [1.807, 2.05) is 0 Å². The molecule has 0 atom stereocenters. The number of anilines is 1. The highest BCUT2D eigenvalue weighted by atomic mass is 79.9. The van der Waals surface area contributed by atoms with E-state index in [-0.39, 0.29) is 5.69 Å². The topological polar surface area (TPSA) is 71.9 Å². The number of hydrogen-bond donors (Lipinski definition) is 1. The van der Waals surface area contributed by atoms with Gasteiger partial charge in [0.1, 0.15) is 10.3 Å². The Morgan fingerprint density at radius 3 is 2.50 bits per heavy atom. The van der Waals surface area contributed by atoms with Crippen molar-refractivity contribution >= 4 is 27.6 Å². The van der Waals surface area contributed by atoms with Gasteiger partial charge in [0.25, 0.3) is 0 Å². The van der Waals surface area contributed by atoms with Crippen LogP contribution in [0.3, 0.4) is 0 Å². The summed E-state index contributed by atoms with van der Waals surface area (Å²) >= 11 is 3.35. The second-order valence-corrected chi connectivity index (χ2v) is 5.66. The van der Waals surface area contributed by atoms with Crippen LogP contribution in [0.15, 0.2) is 16.7 Å². The Balaban J connectivity index is 1.73. The lowest BCUT2D eigenvalue weighted by Crippen LogP contribution is -2.45. The Hall–Kier alpha value is -1.18. The van der Waals surface area contributed by atoms with Crippen molar-refractivity contribution in [3.05, 3.63) is 22.4 Å². The van der Waals surface area contributed by atoms with E-state index in [1.54, 1.807) is 6.07 Å². The number of halogens is 1. The van der Waals surface area contributed by atoms with Crippen molar-refractivity contribution < 1.29 is 19.4 Å². The van der Waals surface area contributed by atoms with Gasteiger partial charge in [0.2, 0.25) is 0 Å². The molecule has 0 saturated carbocycles. The number of hydrogen-bond acceptors (Lipinski definition) is 5. The molecule has 1 N–H and O–H groups in total. The number of carboxylic acid groups (broad SMARTS) is 1. The molecule has 0 aliphatic carbocycles. The maximum Gasteiger partial charge on any atom is 0.354 e. The molecule has 3 rings (SSSR count). The fourth-order valence-electron chi connectivity index (χ4n) is 2.66. The molecule has 20 heavy (non-hydrogen) atoms. The van der Waals surface area contributed by atoms with Gasteiger partial charge in [-0.3, -0.25) is 0 Å². The first kappa shape index (κ1) is 13.8. The van der Waals surface area contributed by atoms with Crippen LogP contribution in [0, 0.1) is 0 Å². The van der Waals surface area contributed by atoms with E-state index in [0.717, 1.165) is 31.6 Å². The maximum atomic E-state index is 10.9. The highest BCUT2D eigenvalue weighted by Gasteiger charge is 2.40. The van der Waals surface area contributed by atoms with Crippen LogP contribution in [0.2, 0.25) is 0 Å². The average Bonchev–Trinajstić information content (AvgIpc) is 2.88. The molecule has 2 saturated heterocycles. The van der Waals surface area contributed by atoms with Crippen LogP contribution in [-0.4, -0.2) is 48.2 Å². The van der Waals surface area contributed by atoms with Gasteiger partial charge in [0, 0.05) is 25.9 Å². The molecule has 1 spiro atoms. The van der Waals surface area contributed by atoms with E-state index in [0.29, 0.717) is 17.8 Å². The summed E-state index contributed by atoms with van der Waals surface area (Å²) in [5.74, 6) is -1.43. The third-order valence-corrected chi connectivity index (χ3v) is 4.31. The monoisotopic (exact) mass is 342 g/mol. The zero-order chi connectivity index (χ0) is 14.2. The summed E-state index contributed by atoms with van der Waals surface area (Å²) < 4.78 is 11.9. The van der Waals surface area contributed by atoms with Crippen molar-refractivity contribution in [2.45, 2.75) is 18.6 Å². The van der Waals surface area contributed by atoms with Gasteiger partial charge in [-0.1, -0.05) is 0 Å². The first-order valence-corrected chi connectivity index (χ1v) is 7.32. The molecule has 1 aromatic rings. The molecule has 0 amide bonds. The molecule has 6 nitrogen and oxygen atoms in total. The molecule has 2 aliphatic heterocycles. The fraction of sp³-hybridized carbons (Fsp3) is 0.538. The molecule has 3 heterocycles. The second kappa shape index (κ2) is 5.31. The maximum absolute atomic E-state index is 10.9. The van der Waals surface area contributed by atoms with Gasteiger partial charge in [0.15, 0.2) is 5.79 Å². The van der Waals surface area contributed by atoms with Gasteiger partial charge in [-0.25, -0.2) is 9.78 Å². The fourth-order valence-corrected chi connectivity index (χ4v) is 3.23. The lowest BCUT2D eigenvalue weighted by Gasteiger charge is -2.38. The van der Waals surface area contributed by atoms with Crippen LogP contribution in [0.25, 0.3) is 0 Å². The molecular formula is C13H15BrN2O4. The zero-order valence-electron chi connectivity index (χ0n) is 10.8. The number of ether oxygens (including phenoxy) is 2. The molecule has 0 bridgehead atoms. The first-order chi connectivity index (χ1) is 9.60. The van der Waals surface area contributed by atoms with Gasteiger partial charge in [-0.15, -0.1) is 0 Å². The number of pyridine rings is 1. The Labute approximate surface area is 124 Å². The van der Waals surface area contributed by atoms with Crippen LogP contribution in [0.4, 0.5) is 5.69 Å². The number of carbonyl (C=O) groups is 1. The smallest absolute Gasteiger partial charge is 0.354 e. The molecule has 2 aliphatic rings. The van der Waals surface area contributed by atoms with Gasteiger partial charge >= 0.3 is 5.97 Å². The van der Waals surface area contributed by atoms with Crippen molar-refractivity contribution in [3.8, 4) is 0 Å². The minimum atomic E-state index is -1.03. The van der Waals surface area contributed by atoms with E-state index < -0.39 is 11.8 Å². The second-order valence-electron chi connectivity index (χ2n) is 4.91. The molecule has 0 aromatic carbocycles. The Morgan fingerprint density at radius 1 is 1.30 bits per heavy atom. The normalized spacial score (nSPS) is 21.4.